The third-order valence-electron chi connectivity index (χ3n) is 1.82. The Bertz CT molecular complexity index is 230. The zero-order valence-corrected chi connectivity index (χ0v) is 7.53. The average molecular weight is 195 g/mol. The molecule has 64 valence electrons. The molecule has 0 aromatic carbocycles. The molecule has 0 N–H and O–H groups in total. The molecule has 0 aliphatic carbocycles. The van der Waals surface area contributed by atoms with Crippen LogP contribution in [0, 0.1) is 0 Å². The van der Waals surface area contributed by atoms with Crippen LogP contribution in [-0.4, -0.2) is 25.4 Å². The highest BCUT2D eigenvalue weighted by atomic mass is 33.2. The number of fused-ring (bicyclic) bond motifs is 1. The molecular weight excluding hydrogens is 186 g/mol. The molecule has 1 atom stereocenters. The van der Waals surface area contributed by atoms with Gasteiger partial charge < -0.3 is 0 Å². The molecule has 2 heterocycles. The van der Waals surface area contributed by atoms with Crippen molar-refractivity contribution < 1.29 is 12.7 Å². The van der Waals surface area contributed by atoms with E-state index in [1.165, 1.54) is 0 Å². The molecule has 2 rings (SSSR count). The fourth-order valence-electron chi connectivity index (χ4n) is 1.33. The maximum atomic E-state index is 10.9. The van der Waals surface area contributed by atoms with Gasteiger partial charge in [-0.05, 0) is 19.3 Å². The number of hydrogen-bond acceptors (Lipinski definition) is 5. The van der Waals surface area contributed by atoms with Gasteiger partial charge in [-0.15, -0.1) is 0 Å². The van der Waals surface area contributed by atoms with E-state index >= 15 is 0 Å². The topological polar surface area (TPSA) is 46.6 Å². The van der Waals surface area contributed by atoms with E-state index in [9.17, 15) is 8.42 Å². The highest BCUT2D eigenvalue weighted by Crippen LogP contribution is 2.38. The lowest BCUT2D eigenvalue weighted by Crippen LogP contribution is -2.31. The van der Waals surface area contributed by atoms with E-state index in [0.717, 1.165) is 36.6 Å². The van der Waals surface area contributed by atoms with Gasteiger partial charge in [0.2, 0.25) is 0 Å². The Morgan fingerprint density at radius 3 is 3.00 bits per heavy atom. The number of piperidine rings is 1. The van der Waals surface area contributed by atoms with Gasteiger partial charge in [0.25, 0.3) is 0 Å². The van der Waals surface area contributed by atoms with Crippen LogP contribution in [0.4, 0.5) is 0 Å². The first-order valence-corrected chi connectivity index (χ1v) is 6.37. The minimum Gasteiger partial charge on any atom is -0.186 e. The molecule has 11 heavy (non-hydrogen) atoms. The van der Waals surface area contributed by atoms with Gasteiger partial charge in [0.1, 0.15) is 0 Å². The van der Waals surface area contributed by atoms with Gasteiger partial charge in [0, 0.05) is 17.3 Å². The van der Waals surface area contributed by atoms with E-state index in [1.54, 1.807) is 5.06 Å². The van der Waals surface area contributed by atoms with Crippen LogP contribution in [0.5, 0.6) is 0 Å². The molecule has 0 saturated carbocycles. The Kier molecular flexibility index (Phi) is 1.87. The van der Waals surface area contributed by atoms with Crippen molar-refractivity contribution >= 4 is 19.9 Å². The summed E-state index contributed by atoms with van der Waals surface area (Å²) in [5.41, 5.74) is 0. The molecule has 2 aliphatic heterocycles. The summed E-state index contributed by atoms with van der Waals surface area (Å²) in [7, 11) is -2.36. The van der Waals surface area contributed by atoms with Crippen LogP contribution in [0.2, 0.25) is 0 Å². The number of rotatable bonds is 0. The normalized spacial score (nSPS) is 36.9. The largest absolute Gasteiger partial charge is 0.339 e. The van der Waals surface area contributed by atoms with Gasteiger partial charge in [0.05, 0.1) is 5.37 Å². The Morgan fingerprint density at radius 2 is 2.27 bits per heavy atom. The second-order valence-corrected chi connectivity index (χ2v) is 6.17. The molecule has 0 amide bonds. The molecule has 4 nitrogen and oxygen atoms in total. The number of nitrogens with zero attached hydrogens (tertiary/aromatic N) is 1. The van der Waals surface area contributed by atoms with Gasteiger partial charge in [-0.1, -0.05) is 0 Å². The lowest BCUT2D eigenvalue weighted by atomic mass is 10.2. The summed E-state index contributed by atoms with van der Waals surface area (Å²) in [6.07, 6.45) is 3.06. The van der Waals surface area contributed by atoms with Crippen molar-refractivity contribution in [2.75, 3.05) is 6.54 Å². The van der Waals surface area contributed by atoms with Gasteiger partial charge in [0.15, 0.2) is 0 Å². The molecule has 2 aliphatic rings. The average Bonchev–Trinajstić information content (AvgIpc) is 2.21. The quantitative estimate of drug-likeness (QED) is 0.533. The van der Waals surface area contributed by atoms with Gasteiger partial charge >= 0.3 is 9.15 Å². The second-order valence-electron chi connectivity index (χ2n) is 2.67. The Hall–Kier alpha value is 0.220. The van der Waals surface area contributed by atoms with E-state index in [-0.39, 0.29) is 5.37 Å². The highest BCUT2D eigenvalue weighted by Gasteiger charge is 2.39. The van der Waals surface area contributed by atoms with E-state index in [1.807, 2.05) is 0 Å². The van der Waals surface area contributed by atoms with Gasteiger partial charge in [-0.3, -0.25) is 0 Å². The summed E-state index contributed by atoms with van der Waals surface area (Å²) in [6.45, 7) is 0.747. The standard InChI is InChI=1S/C5H9NO3S2/c7-11(8)9-6-4-2-1-3-5(6)10-11/h5H,1-4H2. The fraction of sp³-hybridized carbons (Fsp3) is 1.00. The Labute approximate surface area is 69.4 Å². The summed E-state index contributed by atoms with van der Waals surface area (Å²) in [4.78, 5) is 0. The molecule has 0 radical (unpaired) electrons. The van der Waals surface area contributed by atoms with Crippen molar-refractivity contribution in [3.63, 3.8) is 0 Å². The molecule has 2 saturated heterocycles. The zero-order chi connectivity index (χ0) is 7.90. The predicted molar refractivity (Wildman–Crippen MR) is 41.9 cm³/mol. The van der Waals surface area contributed by atoms with E-state index in [4.69, 9.17) is 4.28 Å². The third kappa shape index (κ3) is 1.53. The monoisotopic (exact) mass is 195 g/mol. The molecule has 0 spiro atoms. The first-order valence-electron chi connectivity index (χ1n) is 3.57. The summed E-state index contributed by atoms with van der Waals surface area (Å²) in [6, 6.07) is 0. The van der Waals surface area contributed by atoms with Crippen molar-refractivity contribution in [2.24, 2.45) is 0 Å². The summed E-state index contributed by atoms with van der Waals surface area (Å²) < 4.78 is 26.5. The summed E-state index contributed by atoms with van der Waals surface area (Å²) >= 11 is 0. The Balaban J connectivity index is 2.15. The molecular formula is C5H9NO3S2. The van der Waals surface area contributed by atoms with Crippen LogP contribution in [-0.2, 0) is 13.4 Å². The van der Waals surface area contributed by atoms with Crippen LogP contribution >= 0.6 is 10.8 Å². The van der Waals surface area contributed by atoms with Crippen molar-refractivity contribution in [3.8, 4) is 0 Å². The smallest absolute Gasteiger partial charge is 0.186 e. The van der Waals surface area contributed by atoms with E-state index in [0.29, 0.717) is 0 Å². The lowest BCUT2D eigenvalue weighted by Gasteiger charge is -2.23. The SMILES string of the molecule is O=S1(=O)ON2CCCCC2S1. The maximum Gasteiger partial charge on any atom is 0.339 e. The number of hydrogen-bond donors (Lipinski definition) is 0. The van der Waals surface area contributed by atoms with E-state index in [2.05, 4.69) is 0 Å². The maximum absolute atomic E-state index is 10.9. The summed E-state index contributed by atoms with van der Waals surface area (Å²) in [5.74, 6) is 0. The second kappa shape index (κ2) is 2.62. The van der Waals surface area contributed by atoms with Gasteiger partial charge in [-0.25, -0.2) is 0 Å². The van der Waals surface area contributed by atoms with Crippen molar-refractivity contribution in [1.82, 2.24) is 5.06 Å². The van der Waals surface area contributed by atoms with Crippen LogP contribution in [0.3, 0.4) is 0 Å². The molecule has 0 bridgehead atoms. The van der Waals surface area contributed by atoms with Crippen LogP contribution in [0.1, 0.15) is 19.3 Å². The summed E-state index contributed by atoms with van der Waals surface area (Å²) in [5, 5.41) is 1.62. The van der Waals surface area contributed by atoms with Gasteiger partial charge in [-0.2, -0.15) is 17.8 Å². The molecule has 0 aromatic heterocycles. The third-order valence-corrected chi connectivity index (χ3v) is 4.68. The van der Waals surface area contributed by atoms with Crippen molar-refractivity contribution in [1.29, 1.82) is 0 Å². The predicted octanol–water partition coefficient (Wildman–Crippen LogP) is 0.722. The first-order chi connectivity index (χ1) is 5.17. The lowest BCUT2D eigenvalue weighted by molar-refractivity contribution is -0.0668. The Morgan fingerprint density at radius 1 is 1.45 bits per heavy atom. The molecule has 0 aromatic rings. The van der Waals surface area contributed by atoms with Crippen LogP contribution < -0.4 is 0 Å². The zero-order valence-electron chi connectivity index (χ0n) is 5.89. The molecule has 2 fully saturated rings. The molecule has 1 unspecified atom stereocenters. The van der Waals surface area contributed by atoms with Crippen LogP contribution in [0.25, 0.3) is 0 Å². The van der Waals surface area contributed by atoms with Crippen molar-refractivity contribution in [3.05, 3.63) is 0 Å². The first kappa shape index (κ1) is 7.85. The van der Waals surface area contributed by atoms with Crippen LogP contribution in [0.15, 0.2) is 0 Å². The molecule has 6 heteroatoms. The van der Waals surface area contributed by atoms with E-state index < -0.39 is 9.15 Å². The number of hydroxylamine groups is 2. The minimum absolute atomic E-state index is 0.0498. The minimum atomic E-state index is -3.29. The van der Waals surface area contributed by atoms with Crippen molar-refractivity contribution in [2.45, 2.75) is 24.6 Å². The highest BCUT2D eigenvalue weighted by molar-refractivity contribution is 8.70. The fourth-order valence-corrected chi connectivity index (χ4v) is 4.34.